The molecule has 13 nitrogen and oxygen atoms in total. The van der Waals surface area contributed by atoms with Crippen LogP contribution in [0.3, 0.4) is 0 Å². The zero-order chi connectivity index (χ0) is 34.2. The van der Waals surface area contributed by atoms with E-state index in [0.29, 0.717) is 28.4 Å². The van der Waals surface area contributed by atoms with E-state index >= 15 is 0 Å². The van der Waals surface area contributed by atoms with Gasteiger partial charge in [-0.3, -0.25) is 4.79 Å². The van der Waals surface area contributed by atoms with Gasteiger partial charge in [0.25, 0.3) is 5.91 Å². The Morgan fingerprint density at radius 3 is 2.33 bits per heavy atom. The maximum atomic E-state index is 12.6. The molecule has 2 N–H and O–H groups in total. The third-order valence-electron chi connectivity index (χ3n) is 6.17. The average Bonchev–Trinajstić information content (AvgIpc) is 3.62. The predicted octanol–water partition coefficient (Wildman–Crippen LogP) is 1.95. The third-order valence-corrected chi connectivity index (χ3v) is 6.17. The Labute approximate surface area is 256 Å². The van der Waals surface area contributed by atoms with Gasteiger partial charge in [-0.05, 0) is 43.4 Å². The van der Waals surface area contributed by atoms with Crippen LogP contribution in [0.25, 0.3) is 5.65 Å². The fourth-order valence-corrected chi connectivity index (χ4v) is 3.52. The summed E-state index contributed by atoms with van der Waals surface area (Å²) in [4.78, 5) is 27.0. The number of nitrogens with zero attached hydrogens (tertiary/aromatic N) is 6. The number of carbonyl (C=O) groups excluding carboxylic acids is 2. The second-order valence-corrected chi connectivity index (χ2v) is 9.90. The molecule has 1 aliphatic heterocycles. The number of rotatable bonds is 8. The monoisotopic (exact) mass is 646 g/mol. The molecule has 4 rings (SSSR count). The second kappa shape index (κ2) is 14.9. The molecular weight excluding hydrogens is 616 g/mol. The topological polar surface area (TPSA) is 149 Å². The molecule has 1 aliphatic rings. The first-order chi connectivity index (χ1) is 20.8. The minimum Gasteiger partial charge on any atom is -0.383 e. The van der Waals surface area contributed by atoms with Crippen LogP contribution in [-0.2, 0) is 15.9 Å². The number of imidazole rings is 1. The molecule has 0 bridgehead atoms. The van der Waals surface area contributed by atoms with E-state index < -0.39 is 35.4 Å². The number of hydrogen-bond donors (Lipinski definition) is 2. The van der Waals surface area contributed by atoms with Gasteiger partial charge < -0.3 is 25.0 Å². The maximum absolute atomic E-state index is 12.6. The Kier molecular flexibility index (Phi) is 12.4. The smallest absolute Gasteiger partial charge is 0.383 e. The molecule has 1 unspecified atom stereocenters. The summed E-state index contributed by atoms with van der Waals surface area (Å²) in [6, 6.07) is 0.278. The summed E-state index contributed by atoms with van der Waals surface area (Å²) < 4.78 is 90.6. The van der Waals surface area contributed by atoms with Crippen LogP contribution in [0.1, 0.15) is 35.7 Å². The number of aryl methyl sites for hydroxylation is 1. The Morgan fingerprint density at radius 1 is 1.18 bits per heavy atom. The lowest BCUT2D eigenvalue weighted by molar-refractivity contribution is -0.263. The Hall–Kier alpha value is -3.87. The highest BCUT2D eigenvalue weighted by Crippen LogP contribution is 2.33. The predicted molar refractivity (Wildman–Crippen MR) is 146 cm³/mol. The van der Waals surface area contributed by atoms with Gasteiger partial charge in [-0.1, -0.05) is 5.16 Å². The molecule has 3 aromatic rings. The fraction of sp³-hybridized carbons (Fsp3) is 0.583. The lowest BCUT2D eigenvalue weighted by Gasteiger charge is -2.35. The van der Waals surface area contributed by atoms with Crippen molar-refractivity contribution >= 4 is 33.3 Å². The highest BCUT2D eigenvalue weighted by molar-refractivity contribution is 6.42. The second-order valence-electron chi connectivity index (χ2n) is 9.90. The molecule has 4 radical (unpaired) electrons. The van der Waals surface area contributed by atoms with Crippen molar-refractivity contribution < 1.29 is 50.0 Å². The van der Waals surface area contributed by atoms with Gasteiger partial charge in [0.15, 0.2) is 16.9 Å². The molecule has 3 aromatic heterocycles. The first-order valence-corrected chi connectivity index (χ1v) is 13.0. The Bertz CT molecular complexity index is 1380. The number of urea groups is 1. The van der Waals surface area contributed by atoms with Crippen molar-refractivity contribution in [2.45, 2.75) is 56.5 Å². The number of ether oxygens (including phenoxy) is 2. The molecule has 1 saturated heterocycles. The first-order valence-electron chi connectivity index (χ1n) is 13.0. The van der Waals surface area contributed by atoms with Crippen LogP contribution in [0.2, 0.25) is 0 Å². The van der Waals surface area contributed by atoms with Crippen molar-refractivity contribution in [1.29, 1.82) is 0 Å². The van der Waals surface area contributed by atoms with Crippen LogP contribution in [-0.4, -0.2) is 121 Å². The van der Waals surface area contributed by atoms with E-state index in [4.69, 9.17) is 20.4 Å². The molecule has 3 amide bonds. The van der Waals surface area contributed by atoms with Gasteiger partial charge in [-0.2, -0.15) is 31.4 Å². The highest BCUT2D eigenvalue weighted by Gasteiger charge is 2.57. The number of fused-ring (bicyclic) bond motifs is 1. The summed E-state index contributed by atoms with van der Waals surface area (Å²) in [5, 5.41) is 12.7. The zero-order valence-corrected chi connectivity index (χ0v) is 24.9. The number of aromatic nitrogens is 5. The highest BCUT2D eigenvalue weighted by atomic mass is 19.4. The van der Waals surface area contributed by atoms with Crippen LogP contribution >= 0.6 is 0 Å². The largest absolute Gasteiger partial charge is 0.416 e. The summed E-state index contributed by atoms with van der Waals surface area (Å²) >= 11 is 0. The van der Waals surface area contributed by atoms with Crippen LogP contribution in [0.5, 0.6) is 0 Å². The molecule has 0 aliphatic carbocycles. The van der Waals surface area contributed by atoms with Crippen molar-refractivity contribution in [3.63, 3.8) is 0 Å². The summed E-state index contributed by atoms with van der Waals surface area (Å²) in [6.45, 7) is 3.57. The van der Waals surface area contributed by atoms with E-state index in [9.17, 15) is 35.9 Å². The minimum absolute atomic E-state index is 0.0452. The standard InChI is InChI=1S/C12H14F3N3O.C7H9B2F3N2O2.C5H7N3O2/c1-11(2,12(13,14)15)19-7-5-9-8-18-10(17-9)4-3-6-16-18;1-16-3-2-14-5(15)13-4(6(14,8)9)7(10,11)12;1-3-4(5(9)6-2)8-10-7-3/h3-4,6,8H,5,7H2,1-2H3;4H,2-3H2,1H3,(H,13,15);1-2H3,(H,6,9). The molecule has 0 saturated carbocycles. The quantitative estimate of drug-likeness (QED) is 0.277. The lowest BCUT2D eigenvalue weighted by Crippen LogP contribution is -2.59. The maximum Gasteiger partial charge on any atom is 0.416 e. The molecule has 244 valence electrons. The van der Waals surface area contributed by atoms with Crippen LogP contribution in [0.15, 0.2) is 29.2 Å². The number of alkyl halides is 6. The van der Waals surface area contributed by atoms with Gasteiger partial charge in [0.1, 0.15) is 11.7 Å². The number of methoxy groups -OCH3 is 1. The summed E-state index contributed by atoms with van der Waals surface area (Å²) in [6.07, 6.45) is -5.47. The Balaban J connectivity index is 0.000000246. The summed E-state index contributed by atoms with van der Waals surface area (Å²) in [7, 11) is 13.5. The van der Waals surface area contributed by atoms with Crippen molar-refractivity contribution in [2.75, 3.05) is 33.9 Å². The van der Waals surface area contributed by atoms with Crippen LogP contribution in [0, 0.1) is 6.92 Å². The molecule has 45 heavy (non-hydrogen) atoms. The van der Waals surface area contributed by atoms with Crippen molar-refractivity contribution in [2.24, 2.45) is 0 Å². The third kappa shape index (κ3) is 9.81. The molecule has 4 heterocycles. The number of nitrogens with one attached hydrogen (secondary N) is 2. The SMILES string of the molecule is CC(C)(OCCc1cn2ncccc2n1)C(F)(F)F.CNC(=O)c1nonc1C.[B]C1([B])C(C(F)(F)F)NC(=O)N1CCOC. The molecule has 1 fully saturated rings. The van der Waals surface area contributed by atoms with Gasteiger partial charge in [-0.15, -0.1) is 0 Å². The van der Waals surface area contributed by atoms with E-state index in [2.05, 4.69) is 35.1 Å². The average molecular weight is 646 g/mol. The summed E-state index contributed by atoms with van der Waals surface area (Å²) in [5.41, 5.74) is -0.101. The van der Waals surface area contributed by atoms with E-state index in [1.807, 2.05) is 0 Å². The van der Waals surface area contributed by atoms with E-state index in [1.54, 1.807) is 41.3 Å². The van der Waals surface area contributed by atoms with Crippen LogP contribution < -0.4 is 10.6 Å². The van der Waals surface area contributed by atoms with Crippen molar-refractivity contribution in [1.82, 2.24) is 40.4 Å². The number of hydrogen-bond acceptors (Lipinski definition) is 9. The molecule has 0 spiro atoms. The fourth-order valence-electron chi connectivity index (χ4n) is 3.52. The normalized spacial score (nSPS) is 16.4. The number of carbonyl (C=O) groups is 2. The molecule has 1 atom stereocenters. The van der Waals surface area contributed by atoms with Crippen molar-refractivity contribution in [3.05, 3.63) is 41.6 Å². The lowest BCUT2D eigenvalue weighted by atomic mass is 9.57. The number of halogens is 6. The molecule has 0 aromatic carbocycles. The zero-order valence-electron chi connectivity index (χ0n) is 24.9. The van der Waals surface area contributed by atoms with Gasteiger partial charge in [0.05, 0.1) is 40.8 Å². The minimum atomic E-state index is -4.69. The Morgan fingerprint density at radius 2 is 1.84 bits per heavy atom. The number of amides is 3. The van der Waals surface area contributed by atoms with Gasteiger partial charge in [0.2, 0.25) is 0 Å². The molecular formula is C24H30B2F6N8O5. The summed E-state index contributed by atoms with van der Waals surface area (Å²) in [5.74, 6) is -0.279. The van der Waals surface area contributed by atoms with Gasteiger partial charge >= 0.3 is 18.4 Å². The van der Waals surface area contributed by atoms with Gasteiger partial charge in [-0.25, -0.2) is 18.9 Å². The van der Waals surface area contributed by atoms with E-state index in [0.717, 1.165) is 13.8 Å². The van der Waals surface area contributed by atoms with E-state index in [1.165, 1.54) is 14.2 Å². The van der Waals surface area contributed by atoms with Crippen molar-refractivity contribution in [3.8, 4) is 0 Å². The first kappa shape index (κ1) is 37.3. The van der Waals surface area contributed by atoms with E-state index in [-0.39, 0.29) is 31.4 Å². The van der Waals surface area contributed by atoms with Crippen LogP contribution in [0.4, 0.5) is 31.1 Å². The van der Waals surface area contributed by atoms with Gasteiger partial charge in [0, 0.05) is 33.3 Å². The molecule has 21 heteroatoms.